The van der Waals surface area contributed by atoms with Gasteiger partial charge in [0.25, 0.3) is 5.91 Å². The van der Waals surface area contributed by atoms with Crippen molar-refractivity contribution in [2.45, 2.75) is 52.5 Å². The Hall–Kier alpha value is -3.75. The molecular weight excluding hydrogens is 432 g/mol. The second-order valence-corrected chi connectivity index (χ2v) is 8.85. The van der Waals surface area contributed by atoms with E-state index in [1.807, 2.05) is 44.2 Å². The Morgan fingerprint density at radius 2 is 1.91 bits per heavy atom. The van der Waals surface area contributed by atoms with Crippen LogP contribution in [0.3, 0.4) is 0 Å². The molecule has 9 nitrogen and oxygen atoms in total. The number of hydrogen-bond acceptors (Lipinski definition) is 5. The van der Waals surface area contributed by atoms with Crippen LogP contribution in [0.5, 0.6) is 0 Å². The number of ketones is 1. The third-order valence-electron chi connectivity index (χ3n) is 6.55. The van der Waals surface area contributed by atoms with Crippen molar-refractivity contribution in [2.75, 3.05) is 5.32 Å². The molecule has 2 heterocycles. The summed E-state index contributed by atoms with van der Waals surface area (Å²) in [5.41, 5.74) is 9.40. The van der Waals surface area contributed by atoms with Gasteiger partial charge in [0.1, 0.15) is 5.69 Å². The molecule has 0 aliphatic heterocycles. The standard InChI is InChI=1S/C25H30N6O3/c1-3-31-23(24(26)33)21(14-27-31)28-25(34)19-7-5-4-6-18(19)13-22(32)17-10-8-16(9-11-17)20-12-15(2)29-30-20/h8-12,14,18-19H,3-7,13H2,1-2H3,(H2,26,33)(H,28,34)(H,29,30)/t18-,19+/m0/s1. The molecule has 1 saturated carbocycles. The van der Waals surface area contributed by atoms with Gasteiger partial charge in [-0.2, -0.15) is 10.2 Å². The Labute approximate surface area is 198 Å². The van der Waals surface area contributed by atoms with Gasteiger partial charge in [0.15, 0.2) is 5.78 Å². The lowest BCUT2D eigenvalue weighted by Gasteiger charge is -2.30. The third kappa shape index (κ3) is 4.93. The second-order valence-electron chi connectivity index (χ2n) is 8.85. The van der Waals surface area contributed by atoms with Crippen LogP contribution in [0.1, 0.15) is 65.6 Å². The third-order valence-corrected chi connectivity index (χ3v) is 6.55. The van der Waals surface area contributed by atoms with Crippen LogP contribution in [0.2, 0.25) is 0 Å². The molecule has 1 aliphatic carbocycles. The molecule has 3 aromatic rings. The number of aryl methyl sites for hydroxylation is 2. The van der Waals surface area contributed by atoms with Gasteiger partial charge in [-0.1, -0.05) is 37.1 Å². The van der Waals surface area contributed by atoms with E-state index in [1.54, 1.807) is 0 Å². The highest BCUT2D eigenvalue weighted by Crippen LogP contribution is 2.34. The van der Waals surface area contributed by atoms with Crippen LogP contribution in [-0.2, 0) is 11.3 Å². The van der Waals surface area contributed by atoms with Gasteiger partial charge in [-0.25, -0.2) is 0 Å². The maximum absolute atomic E-state index is 13.2. The average Bonchev–Trinajstić information content (AvgIpc) is 3.45. The van der Waals surface area contributed by atoms with Crippen LogP contribution in [0.4, 0.5) is 5.69 Å². The number of nitrogens with two attached hydrogens (primary N) is 1. The van der Waals surface area contributed by atoms with E-state index in [2.05, 4.69) is 20.6 Å². The summed E-state index contributed by atoms with van der Waals surface area (Å²) in [5.74, 6) is -1.18. The molecule has 4 N–H and O–H groups in total. The first-order valence-electron chi connectivity index (χ1n) is 11.7. The minimum atomic E-state index is -0.640. The van der Waals surface area contributed by atoms with Gasteiger partial charge in [0, 0.05) is 24.4 Å². The average molecular weight is 463 g/mol. The lowest BCUT2D eigenvalue weighted by atomic mass is 9.75. The normalized spacial score (nSPS) is 17.9. The molecular formula is C25H30N6O3. The molecule has 2 amide bonds. The zero-order chi connectivity index (χ0) is 24.2. The first-order valence-corrected chi connectivity index (χ1v) is 11.7. The van der Waals surface area contributed by atoms with E-state index in [0.29, 0.717) is 30.6 Å². The molecule has 1 aromatic carbocycles. The van der Waals surface area contributed by atoms with Crippen molar-refractivity contribution in [1.82, 2.24) is 20.0 Å². The summed E-state index contributed by atoms with van der Waals surface area (Å²) in [5, 5.41) is 14.1. The zero-order valence-corrected chi connectivity index (χ0v) is 19.5. The fourth-order valence-electron chi connectivity index (χ4n) is 4.76. The largest absolute Gasteiger partial charge is 0.364 e. The van der Waals surface area contributed by atoms with Crippen molar-refractivity contribution in [3.63, 3.8) is 0 Å². The Kier molecular flexibility index (Phi) is 6.90. The summed E-state index contributed by atoms with van der Waals surface area (Å²) in [6, 6.07) is 9.41. The number of benzene rings is 1. The number of nitrogens with one attached hydrogen (secondary N) is 2. The topological polar surface area (TPSA) is 136 Å². The van der Waals surface area contributed by atoms with Crippen LogP contribution < -0.4 is 11.1 Å². The predicted octanol–water partition coefficient (Wildman–Crippen LogP) is 3.72. The fraction of sp³-hybridized carbons (Fsp3) is 0.400. The summed E-state index contributed by atoms with van der Waals surface area (Å²) >= 11 is 0. The molecule has 2 aromatic heterocycles. The van der Waals surface area contributed by atoms with Crippen molar-refractivity contribution in [1.29, 1.82) is 0 Å². The van der Waals surface area contributed by atoms with E-state index < -0.39 is 5.91 Å². The van der Waals surface area contributed by atoms with Gasteiger partial charge in [0.2, 0.25) is 5.91 Å². The molecule has 4 rings (SSSR count). The lowest BCUT2D eigenvalue weighted by Crippen LogP contribution is -2.33. The highest BCUT2D eigenvalue weighted by molar-refractivity contribution is 6.02. The highest BCUT2D eigenvalue weighted by atomic mass is 16.2. The molecule has 1 fully saturated rings. The number of nitrogens with zero attached hydrogens (tertiary/aromatic N) is 3. The van der Waals surface area contributed by atoms with Crippen molar-refractivity contribution in [3.05, 3.63) is 53.5 Å². The highest BCUT2D eigenvalue weighted by Gasteiger charge is 2.33. The molecule has 2 atom stereocenters. The number of aromatic amines is 1. The number of anilines is 1. The molecule has 0 bridgehead atoms. The number of primary amides is 1. The van der Waals surface area contributed by atoms with Crippen molar-refractivity contribution in [2.24, 2.45) is 17.6 Å². The Bertz CT molecular complexity index is 1190. The summed E-state index contributed by atoms with van der Waals surface area (Å²) in [6.07, 6.45) is 5.19. The number of Topliss-reactive ketones (excluding diaryl/α,β-unsaturated/α-hetero) is 1. The quantitative estimate of drug-likeness (QED) is 0.438. The summed E-state index contributed by atoms with van der Waals surface area (Å²) < 4.78 is 1.47. The SMILES string of the molecule is CCn1ncc(NC(=O)[C@@H]2CCCC[C@H]2CC(=O)c2ccc(-c3cc(C)n[nH]3)cc2)c1C(N)=O. The van der Waals surface area contributed by atoms with Crippen LogP contribution >= 0.6 is 0 Å². The molecule has 1 aliphatic rings. The van der Waals surface area contributed by atoms with Crippen LogP contribution in [0, 0.1) is 18.8 Å². The van der Waals surface area contributed by atoms with E-state index in [1.165, 1.54) is 10.9 Å². The molecule has 34 heavy (non-hydrogen) atoms. The number of hydrogen-bond donors (Lipinski definition) is 3. The van der Waals surface area contributed by atoms with Gasteiger partial charge >= 0.3 is 0 Å². The van der Waals surface area contributed by atoms with E-state index in [-0.39, 0.29) is 29.2 Å². The van der Waals surface area contributed by atoms with Gasteiger partial charge in [-0.3, -0.25) is 24.2 Å². The van der Waals surface area contributed by atoms with Crippen LogP contribution in [0.25, 0.3) is 11.3 Å². The van der Waals surface area contributed by atoms with Crippen molar-refractivity contribution >= 4 is 23.3 Å². The molecule has 0 saturated heterocycles. The minimum absolute atomic E-state index is 0.0219. The minimum Gasteiger partial charge on any atom is -0.364 e. The van der Waals surface area contributed by atoms with E-state index in [9.17, 15) is 14.4 Å². The maximum Gasteiger partial charge on any atom is 0.269 e. The molecule has 0 spiro atoms. The Morgan fingerprint density at radius 1 is 1.18 bits per heavy atom. The number of carbonyl (C=O) groups excluding carboxylic acids is 3. The molecule has 9 heteroatoms. The smallest absolute Gasteiger partial charge is 0.269 e. The molecule has 178 valence electrons. The summed E-state index contributed by atoms with van der Waals surface area (Å²) in [6.45, 7) is 4.23. The lowest BCUT2D eigenvalue weighted by molar-refractivity contribution is -0.122. The second kappa shape index (κ2) is 10.0. The van der Waals surface area contributed by atoms with Crippen LogP contribution in [0.15, 0.2) is 36.5 Å². The molecule has 0 unspecified atom stereocenters. The molecule has 0 radical (unpaired) electrons. The van der Waals surface area contributed by atoms with Crippen molar-refractivity contribution in [3.8, 4) is 11.3 Å². The number of H-pyrrole nitrogens is 1. The predicted molar refractivity (Wildman–Crippen MR) is 128 cm³/mol. The van der Waals surface area contributed by atoms with E-state index in [0.717, 1.165) is 36.2 Å². The Morgan fingerprint density at radius 3 is 2.56 bits per heavy atom. The fourth-order valence-corrected chi connectivity index (χ4v) is 4.76. The van der Waals surface area contributed by atoms with E-state index in [4.69, 9.17) is 5.73 Å². The first kappa shape index (κ1) is 23.4. The number of rotatable bonds is 8. The summed E-state index contributed by atoms with van der Waals surface area (Å²) in [4.78, 5) is 38.1. The Balaban J connectivity index is 1.45. The van der Waals surface area contributed by atoms with Gasteiger partial charge in [-0.05, 0) is 44.2 Å². The zero-order valence-electron chi connectivity index (χ0n) is 19.5. The van der Waals surface area contributed by atoms with Crippen molar-refractivity contribution < 1.29 is 14.4 Å². The monoisotopic (exact) mass is 462 g/mol. The summed E-state index contributed by atoms with van der Waals surface area (Å²) in [7, 11) is 0. The number of aromatic nitrogens is 4. The van der Waals surface area contributed by atoms with Gasteiger partial charge in [0.05, 0.1) is 23.3 Å². The van der Waals surface area contributed by atoms with Gasteiger partial charge < -0.3 is 11.1 Å². The van der Waals surface area contributed by atoms with Crippen LogP contribution in [-0.4, -0.2) is 37.6 Å². The number of carbonyl (C=O) groups is 3. The first-order chi connectivity index (χ1) is 16.4. The number of amides is 2. The van der Waals surface area contributed by atoms with E-state index >= 15 is 0 Å². The van der Waals surface area contributed by atoms with Gasteiger partial charge in [-0.15, -0.1) is 0 Å². The maximum atomic E-state index is 13.2.